The molecule has 1 fully saturated rings. The quantitative estimate of drug-likeness (QED) is 0.546. The highest BCUT2D eigenvalue weighted by molar-refractivity contribution is 7.92. The van der Waals surface area contributed by atoms with Crippen LogP contribution in [0.4, 0.5) is 14.5 Å². The minimum Gasteiger partial charge on any atom is -0.299 e. The molecule has 0 N–H and O–H groups in total. The second-order valence-corrected chi connectivity index (χ2v) is 9.87. The molecule has 8 heteroatoms. The lowest BCUT2D eigenvalue weighted by molar-refractivity contribution is 0.206. The van der Waals surface area contributed by atoms with Crippen molar-refractivity contribution in [3.05, 3.63) is 89.8 Å². The van der Waals surface area contributed by atoms with Gasteiger partial charge in [0.05, 0.1) is 10.6 Å². The molecule has 1 aliphatic heterocycles. The predicted molar refractivity (Wildman–Crippen MR) is 120 cm³/mol. The maximum atomic E-state index is 14.4. The van der Waals surface area contributed by atoms with Gasteiger partial charge in [-0.1, -0.05) is 12.1 Å². The molecule has 5 nitrogen and oxygen atoms in total. The van der Waals surface area contributed by atoms with Crippen LogP contribution in [-0.4, -0.2) is 37.4 Å². The molecule has 2 heterocycles. The Morgan fingerprint density at radius 2 is 1.78 bits per heavy atom. The molecule has 0 atom stereocenters. The number of rotatable bonds is 6. The Balaban J connectivity index is 1.61. The average Bonchev–Trinajstić information content (AvgIpc) is 2.78. The number of likely N-dealkylation sites (tertiary alicyclic amines) is 1. The molecule has 0 saturated carbocycles. The number of halogens is 2. The molecule has 0 spiro atoms. The number of aryl methyl sites for hydroxylation is 1. The number of anilines is 1. The van der Waals surface area contributed by atoms with Gasteiger partial charge < -0.3 is 0 Å². The van der Waals surface area contributed by atoms with Crippen LogP contribution in [0.5, 0.6) is 0 Å². The Hall–Kier alpha value is -2.84. The van der Waals surface area contributed by atoms with Crippen LogP contribution in [-0.2, 0) is 16.6 Å². The van der Waals surface area contributed by atoms with Crippen molar-refractivity contribution in [2.75, 3.05) is 17.4 Å². The second-order valence-electron chi connectivity index (χ2n) is 8.06. The first kappa shape index (κ1) is 22.4. The first-order chi connectivity index (χ1) is 15.3. The van der Waals surface area contributed by atoms with E-state index in [0.717, 1.165) is 24.2 Å². The molecule has 0 aliphatic carbocycles. The van der Waals surface area contributed by atoms with Gasteiger partial charge in [-0.2, -0.15) is 0 Å². The van der Waals surface area contributed by atoms with Gasteiger partial charge in [-0.3, -0.25) is 14.2 Å². The molecule has 0 bridgehead atoms. The fourth-order valence-electron chi connectivity index (χ4n) is 4.05. The van der Waals surface area contributed by atoms with Crippen molar-refractivity contribution < 1.29 is 17.2 Å². The maximum Gasteiger partial charge on any atom is 0.264 e. The highest BCUT2D eigenvalue weighted by Gasteiger charge is 2.34. The van der Waals surface area contributed by atoms with E-state index in [0.29, 0.717) is 31.5 Å². The van der Waals surface area contributed by atoms with Crippen LogP contribution in [0.15, 0.2) is 71.9 Å². The Labute approximate surface area is 187 Å². The van der Waals surface area contributed by atoms with Crippen LogP contribution >= 0.6 is 0 Å². The fraction of sp³-hybridized carbons (Fsp3) is 0.292. The van der Waals surface area contributed by atoms with Gasteiger partial charge in [-0.05, 0) is 73.4 Å². The van der Waals surface area contributed by atoms with E-state index < -0.39 is 21.7 Å². The molecule has 2 aromatic carbocycles. The number of nitrogens with zero attached hydrogens (tertiary/aromatic N) is 3. The summed E-state index contributed by atoms with van der Waals surface area (Å²) in [6.45, 7) is 3.77. The zero-order valence-corrected chi connectivity index (χ0v) is 18.6. The molecular formula is C24H25F2N3O2S. The third-order valence-corrected chi connectivity index (χ3v) is 7.69. The predicted octanol–water partition coefficient (Wildman–Crippen LogP) is 4.53. The highest BCUT2D eigenvalue weighted by atomic mass is 32.2. The van der Waals surface area contributed by atoms with Crippen molar-refractivity contribution >= 4 is 15.7 Å². The van der Waals surface area contributed by atoms with Crippen LogP contribution in [0.3, 0.4) is 0 Å². The molecule has 0 radical (unpaired) electrons. The van der Waals surface area contributed by atoms with Crippen molar-refractivity contribution in [3.8, 4) is 0 Å². The van der Waals surface area contributed by atoms with E-state index in [-0.39, 0.29) is 16.6 Å². The van der Waals surface area contributed by atoms with Gasteiger partial charge in [0.15, 0.2) is 0 Å². The van der Waals surface area contributed by atoms with E-state index in [9.17, 15) is 17.2 Å². The average molecular weight is 458 g/mol. The van der Waals surface area contributed by atoms with Crippen molar-refractivity contribution in [2.24, 2.45) is 0 Å². The van der Waals surface area contributed by atoms with Crippen molar-refractivity contribution in [3.63, 3.8) is 0 Å². The van der Waals surface area contributed by atoms with Crippen LogP contribution in [0.1, 0.15) is 24.0 Å². The SMILES string of the molecule is Cc1ccc(N(C2CCN(Cc3cccnc3)CC2)S(=O)(=O)c2ccc(F)cc2)cc1F. The summed E-state index contributed by atoms with van der Waals surface area (Å²) in [6, 6.07) is 12.8. The Morgan fingerprint density at radius 1 is 1.06 bits per heavy atom. The van der Waals surface area contributed by atoms with E-state index in [2.05, 4.69) is 9.88 Å². The molecule has 4 rings (SSSR count). The van der Waals surface area contributed by atoms with Gasteiger partial charge in [0, 0.05) is 38.1 Å². The molecule has 1 aromatic heterocycles. The van der Waals surface area contributed by atoms with Crippen LogP contribution in [0, 0.1) is 18.6 Å². The summed E-state index contributed by atoms with van der Waals surface area (Å²) in [4.78, 5) is 6.38. The maximum absolute atomic E-state index is 14.4. The standard InChI is InChI=1S/C24H25F2N3O2S/c1-18-4-7-22(15-24(18)26)29(32(30,31)23-8-5-20(25)6-9-23)21-10-13-28(14-11-21)17-19-3-2-12-27-16-19/h2-9,12,15-16,21H,10-11,13-14,17H2,1H3. The number of aromatic nitrogens is 1. The first-order valence-electron chi connectivity index (χ1n) is 10.5. The number of pyridine rings is 1. The number of sulfonamides is 1. The van der Waals surface area contributed by atoms with Gasteiger partial charge in [-0.15, -0.1) is 0 Å². The largest absolute Gasteiger partial charge is 0.299 e. The number of piperidine rings is 1. The van der Waals surface area contributed by atoms with Crippen molar-refractivity contribution in [2.45, 2.75) is 37.2 Å². The van der Waals surface area contributed by atoms with Crippen molar-refractivity contribution in [1.82, 2.24) is 9.88 Å². The third-order valence-electron chi connectivity index (χ3n) is 5.80. The fourth-order valence-corrected chi connectivity index (χ4v) is 5.75. The monoisotopic (exact) mass is 457 g/mol. The lowest BCUT2D eigenvalue weighted by Gasteiger charge is -2.39. The smallest absolute Gasteiger partial charge is 0.264 e. The van der Waals surface area contributed by atoms with E-state index in [4.69, 9.17) is 0 Å². The third kappa shape index (κ3) is 4.81. The topological polar surface area (TPSA) is 53.5 Å². The molecule has 0 amide bonds. The van der Waals surface area contributed by atoms with E-state index >= 15 is 0 Å². The lowest BCUT2D eigenvalue weighted by atomic mass is 10.0. The normalized spacial score (nSPS) is 15.6. The summed E-state index contributed by atoms with van der Waals surface area (Å²) in [5, 5.41) is 0. The molecule has 1 saturated heterocycles. The minimum absolute atomic E-state index is 0.0160. The Kier molecular flexibility index (Phi) is 6.53. The first-order valence-corrected chi connectivity index (χ1v) is 12.0. The Morgan fingerprint density at radius 3 is 2.41 bits per heavy atom. The minimum atomic E-state index is -4.00. The summed E-state index contributed by atoms with van der Waals surface area (Å²) in [5.41, 5.74) is 1.82. The molecular weight excluding hydrogens is 432 g/mol. The lowest BCUT2D eigenvalue weighted by Crippen LogP contribution is -2.47. The molecule has 32 heavy (non-hydrogen) atoms. The summed E-state index contributed by atoms with van der Waals surface area (Å²) in [7, 11) is -4.00. The second kappa shape index (κ2) is 9.34. The van der Waals surface area contributed by atoms with Gasteiger partial charge >= 0.3 is 0 Å². The molecule has 1 aliphatic rings. The zero-order chi connectivity index (χ0) is 22.7. The number of benzene rings is 2. The van der Waals surface area contributed by atoms with Gasteiger partial charge in [0.1, 0.15) is 11.6 Å². The van der Waals surface area contributed by atoms with E-state index in [1.807, 2.05) is 18.3 Å². The summed E-state index contributed by atoms with van der Waals surface area (Å²) in [5.74, 6) is -0.976. The van der Waals surface area contributed by atoms with Crippen LogP contribution in [0.25, 0.3) is 0 Å². The highest BCUT2D eigenvalue weighted by Crippen LogP contribution is 2.32. The van der Waals surface area contributed by atoms with Crippen LogP contribution in [0.2, 0.25) is 0 Å². The summed E-state index contributed by atoms with van der Waals surface area (Å²) in [6.07, 6.45) is 4.74. The summed E-state index contributed by atoms with van der Waals surface area (Å²) < 4.78 is 56.2. The zero-order valence-electron chi connectivity index (χ0n) is 17.8. The van der Waals surface area contributed by atoms with Gasteiger partial charge in [0.2, 0.25) is 0 Å². The van der Waals surface area contributed by atoms with Crippen molar-refractivity contribution in [1.29, 1.82) is 0 Å². The molecule has 3 aromatic rings. The molecule has 168 valence electrons. The summed E-state index contributed by atoms with van der Waals surface area (Å²) >= 11 is 0. The van der Waals surface area contributed by atoms with E-state index in [1.54, 1.807) is 25.3 Å². The Bertz CT molecular complexity index is 1160. The van der Waals surface area contributed by atoms with E-state index in [1.165, 1.54) is 22.5 Å². The van der Waals surface area contributed by atoms with Crippen LogP contribution < -0.4 is 4.31 Å². The number of hydrogen-bond acceptors (Lipinski definition) is 4. The molecule has 0 unspecified atom stereocenters. The number of hydrogen-bond donors (Lipinski definition) is 0. The van der Waals surface area contributed by atoms with Gasteiger partial charge in [0.25, 0.3) is 10.0 Å². The van der Waals surface area contributed by atoms with Gasteiger partial charge in [-0.25, -0.2) is 17.2 Å².